The number of thiophene rings is 1. The van der Waals surface area contributed by atoms with Gasteiger partial charge in [-0.2, -0.15) is 0 Å². The molecule has 0 aliphatic carbocycles. The van der Waals surface area contributed by atoms with Crippen molar-refractivity contribution >= 4 is 17.2 Å². The average Bonchev–Trinajstić information content (AvgIpc) is 2.94. The number of rotatable bonds is 3. The van der Waals surface area contributed by atoms with Crippen molar-refractivity contribution in [1.82, 2.24) is 5.32 Å². The summed E-state index contributed by atoms with van der Waals surface area (Å²) in [6.45, 7) is 4.30. The molecule has 1 heterocycles. The van der Waals surface area contributed by atoms with E-state index in [1.54, 1.807) is 0 Å². The van der Waals surface area contributed by atoms with Gasteiger partial charge in [0.15, 0.2) is 0 Å². The number of benzene rings is 1. The maximum atomic E-state index is 12.3. The van der Waals surface area contributed by atoms with Crippen molar-refractivity contribution in [2.75, 3.05) is 6.54 Å². The van der Waals surface area contributed by atoms with Crippen molar-refractivity contribution in [2.45, 2.75) is 19.9 Å². The quantitative estimate of drug-likeness (QED) is 0.856. The van der Waals surface area contributed by atoms with Crippen LogP contribution in [0.3, 0.4) is 0 Å². The molecular formula is C17H18N2OS. The predicted molar refractivity (Wildman–Crippen MR) is 87.3 cm³/mol. The number of hydrogen-bond acceptors (Lipinski definition) is 3. The number of carbonyl (C=O) groups excluding carboxylic acids is 1. The summed E-state index contributed by atoms with van der Waals surface area (Å²) >= 11 is 1.39. The van der Waals surface area contributed by atoms with Gasteiger partial charge < -0.3 is 11.1 Å². The lowest BCUT2D eigenvalue weighted by molar-refractivity contribution is 0.0944. The summed E-state index contributed by atoms with van der Waals surface area (Å²) in [5.41, 5.74) is 8.39. The zero-order valence-corrected chi connectivity index (χ0v) is 13.0. The fourth-order valence-electron chi connectivity index (χ4n) is 1.93. The van der Waals surface area contributed by atoms with Crippen LogP contribution in [0, 0.1) is 18.8 Å². The fraction of sp³-hybridized carbons (Fsp3) is 0.235. The number of nitrogens with two attached hydrogens (primary N) is 1. The molecule has 108 valence electrons. The van der Waals surface area contributed by atoms with Crippen LogP contribution in [0.25, 0.3) is 0 Å². The van der Waals surface area contributed by atoms with Crippen molar-refractivity contribution in [2.24, 2.45) is 5.73 Å². The monoisotopic (exact) mass is 298 g/mol. The summed E-state index contributed by atoms with van der Waals surface area (Å²) in [6.07, 6.45) is 0. The molecule has 0 saturated heterocycles. The van der Waals surface area contributed by atoms with Crippen LogP contribution in [0.2, 0.25) is 0 Å². The van der Waals surface area contributed by atoms with Crippen LogP contribution in [-0.4, -0.2) is 12.5 Å². The molecule has 0 saturated carbocycles. The smallest absolute Gasteiger partial charge is 0.263 e. The fourth-order valence-corrected chi connectivity index (χ4v) is 2.68. The second kappa shape index (κ2) is 7.07. The third-order valence-corrected chi connectivity index (χ3v) is 4.03. The summed E-state index contributed by atoms with van der Waals surface area (Å²) in [5.74, 6) is 5.61. The van der Waals surface area contributed by atoms with E-state index in [1.807, 2.05) is 49.6 Å². The first-order valence-electron chi connectivity index (χ1n) is 6.75. The van der Waals surface area contributed by atoms with Gasteiger partial charge in [-0.15, -0.1) is 11.3 Å². The molecule has 4 heteroatoms. The highest BCUT2D eigenvalue weighted by molar-refractivity contribution is 7.12. The first kappa shape index (κ1) is 15.3. The van der Waals surface area contributed by atoms with E-state index >= 15 is 0 Å². The molecular weight excluding hydrogens is 280 g/mol. The number of amides is 1. The molecule has 0 aliphatic rings. The molecule has 0 spiro atoms. The average molecular weight is 298 g/mol. The molecule has 2 rings (SSSR count). The van der Waals surface area contributed by atoms with E-state index in [1.165, 1.54) is 16.9 Å². The molecule has 1 aromatic heterocycles. The normalized spacial score (nSPS) is 11.4. The van der Waals surface area contributed by atoms with E-state index in [9.17, 15) is 4.79 Å². The molecule has 21 heavy (non-hydrogen) atoms. The highest BCUT2D eigenvalue weighted by Gasteiger charge is 2.15. The SMILES string of the molecule is Cc1ccc(C(C)NC(=O)c2sccc2C#CCN)cc1. The van der Waals surface area contributed by atoms with Crippen molar-refractivity contribution < 1.29 is 4.79 Å². The Hall–Kier alpha value is -2.09. The summed E-state index contributed by atoms with van der Waals surface area (Å²) < 4.78 is 0. The Morgan fingerprint density at radius 3 is 2.71 bits per heavy atom. The zero-order chi connectivity index (χ0) is 15.2. The lowest BCUT2D eigenvalue weighted by Crippen LogP contribution is -2.26. The van der Waals surface area contributed by atoms with Crippen molar-refractivity contribution in [3.05, 3.63) is 57.3 Å². The number of hydrogen-bond donors (Lipinski definition) is 2. The second-order valence-electron chi connectivity index (χ2n) is 4.78. The van der Waals surface area contributed by atoms with Gasteiger partial charge in [0.1, 0.15) is 4.88 Å². The lowest BCUT2D eigenvalue weighted by atomic mass is 10.1. The molecule has 3 nitrogen and oxygen atoms in total. The van der Waals surface area contributed by atoms with Crippen LogP contribution >= 0.6 is 11.3 Å². The van der Waals surface area contributed by atoms with Crippen LogP contribution in [0.1, 0.15) is 39.3 Å². The Balaban J connectivity index is 2.11. The van der Waals surface area contributed by atoms with Gasteiger partial charge >= 0.3 is 0 Å². The van der Waals surface area contributed by atoms with Crippen LogP contribution in [0.5, 0.6) is 0 Å². The van der Waals surface area contributed by atoms with Crippen LogP contribution in [0.15, 0.2) is 35.7 Å². The van der Waals surface area contributed by atoms with Gasteiger partial charge in [0.05, 0.1) is 12.6 Å². The molecule has 1 aromatic carbocycles. The van der Waals surface area contributed by atoms with Gasteiger partial charge in [0, 0.05) is 5.56 Å². The number of carbonyl (C=O) groups is 1. The zero-order valence-electron chi connectivity index (χ0n) is 12.1. The van der Waals surface area contributed by atoms with Gasteiger partial charge in [-0.25, -0.2) is 0 Å². The Labute approximate surface area is 129 Å². The van der Waals surface area contributed by atoms with E-state index < -0.39 is 0 Å². The first-order valence-corrected chi connectivity index (χ1v) is 7.63. The molecule has 0 bridgehead atoms. The van der Waals surface area contributed by atoms with Gasteiger partial charge in [0.2, 0.25) is 0 Å². The Morgan fingerprint density at radius 1 is 1.33 bits per heavy atom. The first-order chi connectivity index (χ1) is 10.1. The van der Waals surface area contributed by atoms with Crippen molar-refractivity contribution in [1.29, 1.82) is 0 Å². The largest absolute Gasteiger partial charge is 0.345 e. The third-order valence-electron chi connectivity index (χ3n) is 3.12. The minimum Gasteiger partial charge on any atom is -0.345 e. The molecule has 1 unspecified atom stereocenters. The van der Waals surface area contributed by atoms with Crippen LogP contribution in [-0.2, 0) is 0 Å². The van der Waals surface area contributed by atoms with Crippen LogP contribution in [0.4, 0.5) is 0 Å². The van der Waals surface area contributed by atoms with E-state index in [0.29, 0.717) is 4.88 Å². The minimum absolute atomic E-state index is 0.0458. The summed E-state index contributed by atoms with van der Waals surface area (Å²) in [4.78, 5) is 13.0. The van der Waals surface area contributed by atoms with Gasteiger partial charge in [-0.1, -0.05) is 41.7 Å². The topological polar surface area (TPSA) is 55.1 Å². The van der Waals surface area contributed by atoms with Crippen LogP contribution < -0.4 is 11.1 Å². The van der Waals surface area contributed by atoms with E-state index in [2.05, 4.69) is 17.2 Å². The Bertz CT molecular complexity index is 677. The van der Waals surface area contributed by atoms with Crippen molar-refractivity contribution in [3.63, 3.8) is 0 Å². The predicted octanol–water partition coefficient (Wildman–Crippen LogP) is 2.86. The van der Waals surface area contributed by atoms with Gasteiger partial charge in [-0.3, -0.25) is 4.79 Å². The summed E-state index contributed by atoms with van der Waals surface area (Å²) in [7, 11) is 0. The Kier molecular flexibility index (Phi) is 5.15. The maximum absolute atomic E-state index is 12.3. The minimum atomic E-state index is -0.0978. The number of aryl methyl sites for hydroxylation is 1. The van der Waals surface area contributed by atoms with E-state index in [0.717, 1.165) is 11.1 Å². The molecule has 1 atom stereocenters. The number of nitrogens with one attached hydrogen (secondary N) is 1. The lowest BCUT2D eigenvalue weighted by Gasteiger charge is -2.14. The van der Waals surface area contributed by atoms with E-state index in [-0.39, 0.29) is 18.5 Å². The molecule has 0 radical (unpaired) electrons. The van der Waals surface area contributed by atoms with Gasteiger partial charge in [-0.05, 0) is 30.9 Å². The summed E-state index contributed by atoms with van der Waals surface area (Å²) in [5, 5.41) is 4.87. The van der Waals surface area contributed by atoms with Gasteiger partial charge in [0.25, 0.3) is 5.91 Å². The van der Waals surface area contributed by atoms with E-state index in [4.69, 9.17) is 5.73 Å². The molecule has 2 aromatic rings. The molecule has 0 aliphatic heterocycles. The molecule has 0 fully saturated rings. The Morgan fingerprint density at radius 2 is 2.05 bits per heavy atom. The van der Waals surface area contributed by atoms with Crippen molar-refractivity contribution in [3.8, 4) is 11.8 Å². The standard InChI is InChI=1S/C17H18N2OS/c1-12-5-7-14(8-6-12)13(2)19-17(20)16-15(4-3-10-18)9-11-21-16/h5-9,11,13H,10,18H2,1-2H3,(H,19,20). The molecule has 3 N–H and O–H groups in total. The highest BCUT2D eigenvalue weighted by Crippen LogP contribution is 2.18. The highest BCUT2D eigenvalue weighted by atomic mass is 32.1. The second-order valence-corrected chi connectivity index (χ2v) is 5.69. The third kappa shape index (κ3) is 3.94. The molecule has 1 amide bonds. The maximum Gasteiger partial charge on any atom is 0.263 e. The summed E-state index contributed by atoms with van der Waals surface area (Å²) in [6, 6.07) is 9.95.